The number of hydrogen-bond acceptors (Lipinski definition) is 2. The number of aliphatic hydroxyl groups excluding tert-OH is 1. The summed E-state index contributed by atoms with van der Waals surface area (Å²) in [7, 11) is 0. The van der Waals surface area contributed by atoms with E-state index >= 15 is 0 Å². The lowest BCUT2D eigenvalue weighted by Crippen LogP contribution is -2.29. The highest BCUT2D eigenvalue weighted by Gasteiger charge is 2.34. The minimum Gasteiger partial charge on any atom is -0.391 e. The van der Waals surface area contributed by atoms with E-state index in [9.17, 15) is 23.1 Å². The molecule has 1 saturated heterocycles. The smallest absolute Gasteiger partial charge is 0.391 e. The average molecular weight is 303 g/mol. The summed E-state index contributed by atoms with van der Waals surface area (Å²) in [5.74, 6) is -0.470. The van der Waals surface area contributed by atoms with E-state index in [0.29, 0.717) is 13.0 Å². The maximum Gasteiger partial charge on any atom is 0.416 e. The fourth-order valence-corrected chi connectivity index (χ4v) is 2.17. The number of aryl methyl sites for hydroxylation is 1. The quantitative estimate of drug-likeness (QED) is 0.865. The Balaban J connectivity index is 0.00000106. The first-order valence-corrected chi connectivity index (χ1v) is 6.94. The molecule has 1 aliphatic heterocycles. The third-order valence-electron chi connectivity index (χ3n) is 3.24. The lowest BCUT2D eigenvalue weighted by atomic mass is 10.0. The molecule has 1 amide bonds. The molecule has 6 heteroatoms. The summed E-state index contributed by atoms with van der Waals surface area (Å²) in [6, 6.07) is 3.56. The molecule has 1 fully saturated rings. The lowest BCUT2D eigenvalue weighted by molar-refractivity contribution is -0.138. The molecule has 21 heavy (non-hydrogen) atoms. The molecule has 0 saturated carbocycles. The van der Waals surface area contributed by atoms with Crippen LogP contribution in [-0.4, -0.2) is 35.1 Å². The minimum atomic E-state index is -4.47. The third-order valence-corrected chi connectivity index (χ3v) is 3.24. The molecule has 2 rings (SSSR count). The SMILES string of the molecule is CC.Cc1ccc(C(=O)N2CCC(O)C2)cc1C(F)(F)F. The van der Waals surface area contributed by atoms with Gasteiger partial charge in [0.05, 0.1) is 11.7 Å². The maximum atomic E-state index is 12.8. The molecule has 1 aliphatic rings. The van der Waals surface area contributed by atoms with Crippen LogP contribution < -0.4 is 0 Å². The van der Waals surface area contributed by atoms with Gasteiger partial charge >= 0.3 is 6.18 Å². The van der Waals surface area contributed by atoms with Gasteiger partial charge in [-0.3, -0.25) is 4.79 Å². The molecule has 0 bridgehead atoms. The van der Waals surface area contributed by atoms with E-state index in [2.05, 4.69) is 0 Å². The van der Waals surface area contributed by atoms with Gasteiger partial charge in [0.25, 0.3) is 5.91 Å². The van der Waals surface area contributed by atoms with Gasteiger partial charge in [0.15, 0.2) is 0 Å². The first-order chi connectivity index (χ1) is 9.79. The Bertz CT molecular complexity index is 500. The Hall–Kier alpha value is -1.56. The molecule has 0 aromatic heterocycles. The monoisotopic (exact) mass is 303 g/mol. The second-order valence-electron chi connectivity index (χ2n) is 4.72. The molecular weight excluding hydrogens is 283 g/mol. The van der Waals surface area contributed by atoms with Gasteiger partial charge in [-0.1, -0.05) is 19.9 Å². The van der Waals surface area contributed by atoms with Gasteiger partial charge in [-0.25, -0.2) is 0 Å². The molecule has 1 atom stereocenters. The Morgan fingerprint density at radius 3 is 2.43 bits per heavy atom. The van der Waals surface area contributed by atoms with Crippen molar-refractivity contribution in [1.29, 1.82) is 0 Å². The number of rotatable bonds is 1. The van der Waals surface area contributed by atoms with Crippen LogP contribution in [-0.2, 0) is 6.18 Å². The molecule has 1 heterocycles. The standard InChI is InChI=1S/C13H14F3NO2.C2H6/c1-8-2-3-9(6-11(8)13(14,15)16)12(19)17-5-4-10(18)7-17;1-2/h2-3,6,10,18H,4-5,7H2,1H3;1-2H3. The van der Waals surface area contributed by atoms with Gasteiger partial charge in [0, 0.05) is 18.7 Å². The fourth-order valence-electron chi connectivity index (χ4n) is 2.17. The maximum absolute atomic E-state index is 12.8. The van der Waals surface area contributed by atoms with Crippen molar-refractivity contribution >= 4 is 5.91 Å². The summed E-state index contributed by atoms with van der Waals surface area (Å²) in [4.78, 5) is 13.4. The van der Waals surface area contributed by atoms with Crippen LogP contribution in [0.3, 0.4) is 0 Å². The van der Waals surface area contributed by atoms with Gasteiger partial charge in [-0.2, -0.15) is 13.2 Å². The topological polar surface area (TPSA) is 40.5 Å². The van der Waals surface area contributed by atoms with E-state index in [-0.39, 0.29) is 17.7 Å². The summed E-state index contributed by atoms with van der Waals surface area (Å²) in [5.41, 5.74) is -0.698. The molecule has 3 nitrogen and oxygen atoms in total. The van der Waals surface area contributed by atoms with E-state index < -0.39 is 23.8 Å². The predicted molar refractivity (Wildman–Crippen MR) is 74.1 cm³/mol. The predicted octanol–water partition coefficient (Wildman–Crippen LogP) is 3.25. The molecular formula is C15H20F3NO2. The Labute approximate surface area is 122 Å². The summed E-state index contributed by atoms with van der Waals surface area (Å²) < 4.78 is 38.3. The number of carbonyl (C=O) groups excluding carboxylic acids is 1. The van der Waals surface area contributed by atoms with Crippen LogP contribution in [0, 0.1) is 6.92 Å². The highest BCUT2D eigenvalue weighted by molar-refractivity contribution is 5.94. The second-order valence-corrected chi connectivity index (χ2v) is 4.72. The molecule has 118 valence electrons. The molecule has 1 aromatic rings. The van der Waals surface area contributed by atoms with Crippen LogP contribution in [0.5, 0.6) is 0 Å². The van der Waals surface area contributed by atoms with E-state index in [1.54, 1.807) is 0 Å². The van der Waals surface area contributed by atoms with Crippen molar-refractivity contribution in [1.82, 2.24) is 4.90 Å². The third kappa shape index (κ3) is 4.20. The normalized spacial score (nSPS) is 18.2. The zero-order valence-corrected chi connectivity index (χ0v) is 12.4. The summed E-state index contributed by atoms with van der Waals surface area (Å²) in [6.07, 6.45) is -4.59. The van der Waals surface area contributed by atoms with Gasteiger partial charge in [0.2, 0.25) is 0 Å². The zero-order valence-electron chi connectivity index (χ0n) is 12.4. The highest BCUT2D eigenvalue weighted by atomic mass is 19.4. The van der Waals surface area contributed by atoms with Crippen molar-refractivity contribution in [2.45, 2.75) is 39.5 Å². The number of amides is 1. The van der Waals surface area contributed by atoms with E-state index in [0.717, 1.165) is 6.07 Å². The van der Waals surface area contributed by atoms with Crippen LogP contribution in [0.4, 0.5) is 13.2 Å². The number of β-amino-alcohol motifs (C(OH)–C–C–N with tert-alkyl or cyclic N) is 1. The van der Waals surface area contributed by atoms with Crippen LogP contribution in [0.15, 0.2) is 18.2 Å². The fraction of sp³-hybridized carbons (Fsp3) is 0.533. The Morgan fingerprint density at radius 1 is 1.33 bits per heavy atom. The Kier molecular flexibility index (Phi) is 5.78. The summed E-state index contributed by atoms with van der Waals surface area (Å²) in [6.45, 7) is 5.90. The van der Waals surface area contributed by atoms with Crippen molar-refractivity contribution in [3.8, 4) is 0 Å². The number of aliphatic hydroxyl groups is 1. The van der Waals surface area contributed by atoms with Crippen molar-refractivity contribution in [2.24, 2.45) is 0 Å². The van der Waals surface area contributed by atoms with E-state index in [1.807, 2.05) is 13.8 Å². The largest absolute Gasteiger partial charge is 0.416 e. The molecule has 1 aromatic carbocycles. The molecule has 1 unspecified atom stereocenters. The van der Waals surface area contributed by atoms with Gasteiger partial charge in [-0.15, -0.1) is 0 Å². The molecule has 0 spiro atoms. The van der Waals surface area contributed by atoms with Crippen LogP contribution in [0.25, 0.3) is 0 Å². The lowest BCUT2D eigenvalue weighted by Gasteiger charge is -2.17. The van der Waals surface area contributed by atoms with Crippen molar-refractivity contribution in [2.75, 3.05) is 13.1 Å². The first kappa shape index (κ1) is 17.5. The highest BCUT2D eigenvalue weighted by Crippen LogP contribution is 2.32. The van der Waals surface area contributed by atoms with Crippen LogP contribution in [0.2, 0.25) is 0 Å². The van der Waals surface area contributed by atoms with E-state index in [1.165, 1.54) is 24.0 Å². The zero-order chi connectivity index (χ0) is 16.2. The van der Waals surface area contributed by atoms with E-state index in [4.69, 9.17) is 0 Å². The first-order valence-electron chi connectivity index (χ1n) is 6.94. The van der Waals surface area contributed by atoms with Crippen molar-refractivity contribution in [3.05, 3.63) is 34.9 Å². The number of halogens is 3. The van der Waals surface area contributed by atoms with Crippen LogP contribution >= 0.6 is 0 Å². The summed E-state index contributed by atoms with van der Waals surface area (Å²) in [5, 5.41) is 9.35. The molecule has 0 aliphatic carbocycles. The molecule has 1 N–H and O–H groups in total. The number of nitrogens with zero attached hydrogens (tertiary/aromatic N) is 1. The number of likely N-dealkylation sites (tertiary alicyclic amines) is 1. The number of benzene rings is 1. The molecule has 0 radical (unpaired) electrons. The van der Waals surface area contributed by atoms with Gasteiger partial charge in [0.1, 0.15) is 0 Å². The van der Waals surface area contributed by atoms with Gasteiger partial charge in [-0.05, 0) is 31.0 Å². The second kappa shape index (κ2) is 6.93. The van der Waals surface area contributed by atoms with Crippen LogP contribution in [0.1, 0.15) is 41.8 Å². The minimum absolute atomic E-state index is 0.00650. The summed E-state index contributed by atoms with van der Waals surface area (Å²) >= 11 is 0. The van der Waals surface area contributed by atoms with Gasteiger partial charge < -0.3 is 10.0 Å². The number of alkyl halides is 3. The van der Waals surface area contributed by atoms with Crippen molar-refractivity contribution in [3.63, 3.8) is 0 Å². The van der Waals surface area contributed by atoms with Crippen molar-refractivity contribution < 1.29 is 23.1 Å². The Morgan fingerprint density at radius 2 is 1.95 bits per heavy atom. The number of carbonyl (C=O) groups is 1. The number of hydrogen-bond donors (Lipinski definition) is 1. The average Bonchev–Trinajstić information content (AvgIpc) is 2.86.